The standard InChI is InChI=1S/C8H18N4O2.CH5N3/c1-8(2,3)14-7(13)12-5-4-11-6(9)10;2-1(3)4/h4-5H2,1-3H3,(H,12,13)(H4,9,10,11);(H5,2,3,4). The van der Waals surface area contributed by atoms with Gasteiger partial charge in [0.2, 0.25) is 0 Å². The number of hydrogen-bond donors (Lipinski definition) is 6. The van der Waals surface area contributed by atoms with Crippen LogP contribution in [0.25, 0.3) is 0 Å². The molecule has 10 N–H and O–H groups in total. The van der Waals surface area contributed by atoms with Gasteiger partial charge in [-0.2, -0.15) is 0 Å². The summed E-state index contributed by atoms with van der Waals surface area (Å²) >= 11 is 0. The second kappa shape index (κ2) is 8.90. The molecule has 9 nitrogen and oxygen atoms in total. The summed E-state index contributed by atoms with van der Waals surface area (Å²) in [6.07, 6.45) is -0.469. The van der Waals surface area contributed by atoms with Crippen molar-refractivity contribution >= 4 is 18.0 Å². The summed E-state index contributed by atoms with van der Waals surface area (Å²) in [6.45, 7) is 6.09. The maximum atomic E-state index is 11.1. The van der Waals surface area contributed by atoms with Crippen molar-refractivity contribution in [2.24, 2.45) is 27.9 Å². The third-order valence-electron chi connectivity index (χ3n) is 1.07. The molecule has 0 aromatic heterocycles. The largest absolute Gasteiger partial charge is 0.444 e. The van der Waals surface area contributed by atoms with Gasteiger partial charge in [-0.05, 0) is 20.8 Å². The first kappa shape index (κ1) is 18.2. The third kappa shape index (κ3) is 23.5. The highest BCUT2D eigenvalue weighted by Crippen LogP contribution is 2.05. The maximum Gasteiger partial charge on any atom is 0.407 e. The molecule has 0 radical (unpaired) electrons. The molecule has 0 fully saturated rings. The van der Waals surface area contributed by atoms with Gasteiger partial charge in [0.15, 0.2) is 11.9 Å². The second-order valence-corrected chi connectivity index (χ2v) is 4.19. The number of rotatable bonds is 3. The van der Waals surface area contributed by atoms with E-state index in [1.165, 1.54) is 0 Å². The Morgan fingerprint density at radius 3 is 2.06 bits per heavy atom. The molecule has 0 unspecified atom stereocenters. The highest BCUT2D eigenvalue weighted by molar-refractivity contribution is 5.75. The van der Waals surface area contributed by atoms with E-state index < -0.39 is 11.7 Å². The molecule has 0 atom stereocenters. The highest BCUT2D eigenvalue weighted by atomic mass is 16.6. The van der Waals surface area contributed by atoms with Gasteiger partial charge in [-0.3, -0.25) is 10.4 Å². The first-order valence-electron chi connectivity index (χ1n) is 5.16. The van der Waals surface area contributed by atoms with E-state index in [9.17, 15) is 4.79 Å². The molecule has 0 aliphatic heterocycles. The van der Waals surface area contributed by atoms with Crippen LogP contribution in [0, 0.1) is 5.41 Å². The van der Waals surface area contributed by atoms with Crippen LogP contribution < -0.4 is 28.3 Å². The van der Waals surface area contributed by atoms with Crippen molar-refractivity contribution in [1.29, 1.82) is 5.41 Å². The number of alkyl carbamates (subject to hydrolysis) is 1. The smallest absolute Gasteiger partial charge is 0.407 e. The topological polar surface area (TPSA) is 179 Å². The third-order valence-corrected chi connectivity index (χ3v) is 1.07. The van der Waals surface area contributed by atoms with Crippen LogP contribution in [0.15, 0.2) is 4.99 Å². The quantitative estimate of drug-likeness (QED) is 0.207. The molecule has 9 heteroatoms. The van der Waals surface area contributed by atoms with Gasteiger partial charge in [0.05, 0.1) is 6.54 Å². The molecule has 0 aromatic carbocycles. The van der Waals surface area contributed by atoms with Crippen molar-refractivity contribution in [1.82, 2.24) is 5.32 Å². The molecule has 0 rings (SSSR count). The molecule has 0 spiro atoms. The zero-order chi connectivity index (χ0) is 14.8. The Balaban J connectivity index is 0. The number of nitrogens with zero attached hydrogens (tertiary/aromatic N) is 1. The number of hydrogen-bond acceptors (Lipinski definition) is 4. The van der Waals surface area contributed by atoms with Gasteiger partial charge in [0, 0.05) is 6.54 Å². The molecule has 0 saturated heterocycles. The predicted molar refractivity (Wildman–Crippen MR) is 71.0 cm³/mol. The molecule has 1 amide bonds. The summed E-state index contributed by atoms with van der Waals surface area (Å²) in [4.78, 5) is 14.8. The van der Waals surface area contributed by atoms with E-state index in [1.807, 2.05) is 0 Å². The van der Waals surface area contributed by atoms with Crippen molar-refractivity contribution in [3.8, 4) is 0 Å². The van der Waals surface area contributed by atoms with E-state index in [1.54, 1.807) is 20.8 Å². The number of ether oxygens (including phenoxy) is 1. The monoisotopic (exact) mass is 261 g/mol. The fourth-order valence-corrected chi connectivity index (χ4v) is 0.657. The summed E-state index contributed by atoms with van der Waals surface area (Å²) in [5.41, 5.74) is 18.6. The normalized spacial score (nSPS) is 9.50. The lowest BCUT2D eigenvalue weighted by molar-refractivity contribution is 0.0529. The van der Waals surface area contributed by atoms with E-state index in [-0.39, 0.29) is 11.9 Å². The number of aliphatic imine (C=N–C) groups is 1. The van der Waals surface area contributed by atoms with Gasteiger partial charge in [-0.25, -0.2) is 4.79 Å². The number of nitrogens with one attached hydrogen (secondary N) is 2. The lowest BCUT2D eigenvalue weighted by Crippen LogP contribution is -2.34. The lowest BCUT2D eigenvalue weighted by atomic mass is 10.2. The molecule has 18 heavy (non-hydrogen) atoms. The van der Waals surface area contributed by atoms with Crippen molar-refractivity contribution in [3.05, 3.63) is 0 Å². The SMILES string of the molecule is CC(C)(C)OC(=O)NCCN=C(N)N.N=C(N)N. The van der Waals surface area contributed by atoms with Crippen molar-refractivity contribution < 1.29 is 9.53 Å². The summed E-state index contributed by atoms with van der Waals surface area (Å²) in [7, 11) is 0. The number of guanidine groups is 2. The van der Waals surface area contributed by atoms with E-state index in [0.29, 0.717) is 13.1 Å². The van der Waals surface area contributed by atoms with Gasteiger partial charge in [-0.15, -0.1) is 0 Å². The van der Waals surface area contributed by atoms with E-state index in [4.69, 9.17) is 21.6 Å². The number of carbonyl (C=O) groups excluding carboxylic acids is 1. The molecule has 0 aliphatic rings. The zero-order valence-electron chi connectivity index (χ0n) is 11.0. The second-order valence-electron chi connectivity index (χ2n) is 4.19. The Morgan fingerprint density at radius 2 is 1.72 bits per heavy atom. The van der Waals surface area contributed by atoms with E-state index in [0.717, 1.165) is 0 Å². The Morgan fingerprint density at radius 1 is 1.28 bits per heavy atom. The fourth-order valence-electron chi connectivity index (χ4n) is 0.657. The van der Waals surface area contributed by atoms with Gasteiger partial charge in [0.1, 0.15) is 5.60 Å². The summed E-state index contributed by atoms with van der Waals surface area (Å²) in [6, 6.07) is 0. The van der Waals surface area contributed by atoms with Crippen LogP contribution in [0.1, 0.15) is 20.8 Å². The summed E-state index contributed by atoms with van der Waals surface area (Å²) in [5, 5.41) is 8.57. The number of nitrogens with two attached hydrogens (primary N) is 4. The number of amides is 1. The minimum absolute atomic E-state index is 0.0102. The predicted octanol–water partition coefficient (Wildman–Crippen LogP) is -1.38. The van der Waals surface area contributed by atoms with Crippen LogP contribution in [0.2, 0.25) is 0 Å². The summed E-state index contributed by atoms with van der Waals surface area (Å²) in [5.74, 6) is -0.323. The molecule has 0 bridgehead atoms. The Kier molecular flexibility index (Phi) is 8.99. The molecule has 106 valence electrons. The Hall–Kier alpha value is -2.19. The van der Waals surface area contributed by atoms with Crippen LogP contribution in [0.3, 0.4) is 0 Å². The highest BCUT2D eigenvalue weighted by Gasteiger charge is 2.15. The van der Waals surface area contributed by atoms with E-state index in [2.05, 4.69) is 21.8 Å². The van der Waals surface area contributed by atoms with E-state index >= 15 is 0 Å². The van der Waals surface area contributed by atoms with Gasteiger partial charge in [0.25, 0.3) is 0 Å². The van der Waals surface area contributed by atoms with Crippen LogP contribution in [-0.4, -0.2) is 36.7 Å². The van der Waals surface area contributed by atoms with Gasteiger partial charge < -0.3 is 33.0 Å². The minimum Gasteiger partial charge on any atom is -0.444 e. The minimum atomic E-state index is -0.486. The average Bonchev–Trinajstić information content (AvgIpc) is 2.08. The Bertz CT molecular complexity index is 288. The van der Waals surface area contributed by atoms with Crippen molar-refractivity contribution in [2.75, 3.05) is 13.1 Å². The van der Waals surface area contributed by atoms with Crippen LogP contribution in [0.4, 0.5) is 4.79 Å². The molecule has 0 aliphatic carbocycles. The van der Waals surface area contributed by atoms with Crippen LogP contribution in [0.5, 0.6) is 0 Å². The van der Waals surface area contributed by atoms with Gasteiger partial charge in [-0.1, -0.05) is 0 Å². The number of carbonyl (C=O) groups is 1. The molecule has 0 saturated carbocycles. The molecule has 0 aromatic rings. The lowest BCUT2D eigenvalue weighted by Gasteiger charge is -2.19. The summed E-state index contributed by atoms with van der Waals surface area (Å²) < 4.78 is 4.98. The van der Waals surface area contributed by atoms with Crippen LogP contribution in [-0.2, 0) is 4.74 Å². The zero-order valence-corrected chi connectivity index (χ0v) is 11.0. The fraction of sp³-hybridized carbons (Fsp3) is 0.667. The molecular formula is C9H23N7O2. The first-order valence-corrected chi connectivity index (χ1v) is 5.16. The average molecular weight is 261 g/mol. The molecular weight excluding hydrogens is 238 g/mol. The van der Waals surface area contributed by atoms with Crippen LogP contribution >= 0.6 is 0 Å². The Labute approximate surface area is 106 Å². The maximum absolute atomic E-state index is 11.1. The van der Waals surface area contributed by atoms with Crippen molar-refractivity contribution in [2.45, 2.75) is 26.4 Å². The first-order chi connectivity index (χ1) is 8.04. The van der Waals surface area contributed by atoms with Gasteiger partial charge >= 0.3 is 6.09 Å². The van der Waals surface area contributed by atoms with Crippen molar-refractivity contribution in [3.63, 3.8) is 0 Å². The molecule has 0 heterocycles.